The van der Waals surface area contributed by atoms with E-state index >= 15 is 0 Å². The molecule has 2 N–H and O–H groups in total. The van der Waals surface area contributed by atoms with Crippen LogP contribution in [0.25, 0.3) is 0 Å². The van der Waals surface area contributed by atoms with Crippen molar-refractivity contribution in [3.8, 4) is 0 Å². The molecule has 28 heavy (non-hydrogen) atoms. The van der Waals surface area contributed by atoms with Gasteiger partial charge in [-0.1, -0.05) is 0 Å². The van der Waals surface area contributed by atoms with Crippen LogP contribution in [0.3, 0.4) is 0 Å². The Balaban J connectivity index is 1.22. The molecule has 6 fully saturated rings. The molecular formula is C20H32N4O2S2. The van der Waals surface area contributed by atoms with Crippen LogP contribution in [0.1, 0.15) is 38.5 Å². The standard InChI is InChI=1S/C20H32N4O2S2/c25-17(23-1-3-27-13-23)10-21-19-6-15-5-16(7-19)9-20(8-15,12-19)22-11-18(26)24-2-4-28-14-24/h15-16,21-22H,1-14H2. The summed E-state index contributed by atoms with van der Waals surface area (Å²) in [5, 5.41) is 7.46. The van der Waals surface area contributed by atoms with E-state index in [4.69, 9.17) is 0 Å². The van der Waals surface area contributed by atoms with Gasteiger partial charge < -0.3 is 20.4 Å². The average molecular weight is 425 g/mol. The number of hydrogen-bond acceptors (Lipinski definition) is 6. The highest BCUT2D eigenvalue weighted by atomic mass is 32.2. The quantitative estimate of drug-likeness (QED) is 0.671. The van der Waals surface area contributed by atoms with Gasteiger partial charge in [-0.25, -0.2) is 0 Å². The van der Waals surface area contributed by atoms with Crippen LogP contribution < -0.4 is 10.6 Å². The molecule has 8 heteroatoms. The average Bonchev–Trinajstić information content (AvgIpc) is 3.37. The van der Waals surface area contributed by atoms with Crippen molar-refractivity contribution in [3.05, 3.63) is 0 Å². The molecule has 0 unspecified atom stereocenters. The summed E-state index contributed by atoms with van der Waals surface area (Å²) in [5.41, 5.74) is 0.179. The first-order valence-corrected chi connectivity index (χ1v) is 13.1. The number of nitrogens with one attached hydrogen (secondary N) is 2. The predicted molar refractivity (Wildman–Crippen MR) is 114 cm³/mol. The zero-order chi connectivity index (χ0) is 19.2. The van der Waals surface area contributed by atoms with Crippen molar-refractivity contribution in [2.45, 2.75) is 49.6 Å². The third kappa shape index (κ3) is 3.82. The first kappa shape index (κ1) is 19.5. The first-order valence-electron chi connectivity index (χ1n) is 10.8. The Morgan fingerprint density at radius 2 is 1.29 bits per heavy atom. The maximum Gasteiger partial charge on any atom is 0.237 e. The fourth-order valence-electron chi connectivity index (χ4n) is 6.65. The summed E-state index contributed by atoms with van der Waals surface area (Å²) >= 11 is 3.69. The Labute approximate surface area is 176 Å². The second-order valence-corrected chi connectivity index (χ2v) is 11.8. The molecule has 6 aliphatic rings. The number of rotatable bonds is 6. The van der Waals surface area contributed by atoms with Gasteiger partial charge in [-0.15, -0.1) is 23.5 Å². The first-order chi connectivity index (χ1) is 13.5. The SMILES string of the molecule is O=C(CNC12CC3CC(C1)CC(NCC(=O)N1CCSC1)(C3)C2)N1CCSC1. The molecule has 0 radical (unpaired) electrons. The Morgan fingerprint density at radius 1 is 0.821 bits per heavy atom. The zero-order valence-electron chi connectivity index (χ0n) is 16.6. The summed E-state index contributed by atoms with van der Waals surface area (Å²) in [6.07, 6.45) is 7.20. The Hall–Kier alpha value is -0.440. The highest BCUT2D eigenvalue weighted by Crippen LogP contribution is 2.57. The van der Waals surface area contributed by atoms with Crippen LogP contribution in [0.2, 0.25) is 0 Å². The van der Waals surface area contributed by atoms with Crippen molar-refractivity contribution in [1.82, 2.24) is 20.4 Å². The molecule has 0 atom stereocenters. The molecule has 2 saturated heterocycles. The van der Waals surface area contributed by atoms with Gasteiger partial charge in [0.05, 0.1) is 24.8 Å². The second kappa shape index (κ2) is 7.67. The fraction of sp³-hybridized carbons (Fsp3) is 0.900. The zero-order valence-corrected chi connectivity index (χ0v) is 18.2. The van der Waals surface area contributed by atoms with Crippen molar-refractivity contribution in [3.63, 3.8) is 0 Å². The molecule has 2 aliphatic heterocycles. The molecule has 2 amide bonds. The van der Waals surface area contributed by atoms with Crippen molar-refractivity contribution in [1.29, 1.82) is 0 Å². The Kier molecular flexibility index (Phi) is 5.35. The minimum atomic E-state index is 0.0894. The van der Waals surface area contributed by atoms with E-state index < -0.39 is 0 Å². The molecule has 4 bridgehead atoms. The van der Waals surface area contributed by atoms with Gasteiger partial charge in [0.2, 0.25) is 11.8 Å². The van der Waals surface area contributed by atoms with Gasteiger partial charge in [0.15, 0.2) is 0 Å². The predicted octanol–water partition coefficient (Wildman–Crippen LogP) is 1.32. The van der Waals surface area contributed by atoms with E-state index in [1.54, 1.807) is 0 Å². The largest absolute Gasteiger partial charge is 0.332 e. The molecule has 0 aromatic rings. The number of carbonyl (C=O) groups excluding carboxylic acids is 2. The summed E-state index contributed by atoms with van der Waals surface area (Å²) in [6, 6.07) is 0. The summed E-state index contributed by atoms with van der Waals surface area (Å²) < 4.78 is 0. The van der Waals surface area contributed by atoms with Gasteiger partial charge >= 0.3 is 0 Å². The minimum absolute atomic E-state index is 0.0894. The summed E-state index contributed by atoms with van der Waals surface area (Å²) in [6.45, 7) is 2.73. The van der Waals surface area contributed by atoms with Crippen molar-refractivity contribution >= 4 is 35.3 Å². The van der Waals surface area contributed by atoms with Crippen LogP contribution in [0, 0.1) is 11.8 Å². The molecule has 6 rings (SSSR count). The summed E-state index contributed by atoms with van der Waals surface area (Å²) in [4.78, 5) is 29.1. The van der Waals surface area contributed by atoms with Gasteiger partial charge in [0.1, 0.15) is 0 Å². The molecule has 4 aliphatic carbocycles. The lowest BCUT2D eigenvalue weighted by atomic mass is 9.50. The normalized spacial score (nSPS) is 39.1. The number of carbonyl (C=O) groups is 2. The number of nitrogens with zero attached hydrogens (tertiary/aromatic N) is 2. The Morgan fingerprint density at radius 3 is 1.68 bits per heavy atom. The monoisotopic (exact) mass is 424 g/mol. The lowest BCUT2D eigenvalue weighted by Gasteiger charge is -2.62. The summed E-state index contributed by atoms with van der Waals surface area (Å²) in [5.74, 6) is 5.80. The van der Waals surface area contributed by atoms with Crippen LogP contribution >= 0.6 is 23.5 Å². The smallest absolute Gasteiger partial charge is 0.237 e. The maximum atomic E-state index is 12.6. The van der Waals surface area contributed by atoms with Gasteiger partial charge in [0.25, 0.3) is 0 Å². The van der Waals surface area contributed by atoms with Gasteiger partial charge in [-0.05, 0) is 50.4 Å². The van der Waals surface area contributed by atoms with Crippen molar-refractivity contribution < 1.29 is 9.59 Å². The van der Waals surface area contributed by atoms with Gasteiger partial charge in [0, 0.05) is 35.7 Å². The lowest BCUT2D eigenvalue weighted by molar-refractivity contribution is -0.131. The van der Waals surface area contributed by atoms with E-state index in [-0.39, 0.29) is 22.9 Å². The lowest BCUT2D eigenvalue weighted by Crippen LogP contribution is -2.69. The van der Waals surface area contributed by atoms with E-state index in [1.807, 2.05) is 33.3 Å². The van der Waals surface area contributed by atoms with Gasteiger partial charge in [-0.2, -0.15) is 0 Å². The Bertz CT molecular complexity index is 570. The number of thioether (sulfide) groups is 2. The van der Waals surface area contributed by atoms with Gasteiger partial charge in [-0.3, -0.25) is 9.59 Å². The highest BCUT2D eigenvalue weighted by Gasteiger charge is 2.57. The summed E-state index contributed by atoms with van der Waals surface area (Å²) in [7, 11) is 0. The molecule has 0 aromatic carbocycles. The minimum Gasteiger partial charge on any atom is -0.332 e. The van der Waals surface area contributed by atoms with Crippen LogP contribution in [0.5, 0.6) is 0 Å². The van der Waals surface area contributed by atoms with E-state index in [0.29, 0.717) is 13.1 Å². The van der Waals surface area contributed by atoms with E-state index in [0.717, 1.165) is 54.6 Å². The van der Waals surface area contributed by atoms with Crippen LogP contribution in [-0.4, -0.2) is 82.1 Å². The topological polar surface area (TPSA) is 64.7 Å². The third-order valence-corrected chi connectivity index (χ3v) is 9.43. The van der Waals surface area contributed by atoms with E-state index in [9.17, 15) is 9.59 Å². The van der Waals surface area contributed by atoms with E-state index in [1.165, 1.54) is 32.1 Å². The molecular weight excluding hydrogens is 392 g/mol. The molecule has 2 heterocycles. The second-order valence-electron chi connectivity index (χ2n) is 9.62. The molecule has 6 nitrogen and oxygen atoms in total. The van der Waals surface area contributed by atoms with Crippen LogP contribution in [-0.2, 0) is 9.59 Å². The molecule has 4 saturated carbocycles. The molecule has 0 spiro atoms. The highest BCUT2D eigenvalue weighted by molar-refractivity contribution is 7.99. The van der Waals surface area contributed by atoms with Crippen molar-refractivity contribution in [2.24, 2.45) is 11.8 Å². The number of hydrogen-bond donors (Lipinski definition) is 2. The van der Waals surface area contributed by atoms with E-state index in [2.05, 4.69) is 10.6 Å². The molecule has 156 valence electrons. The maximum absolute atomic E-state index is 12.6. The van der Waals surface area contributed by atoms with Crippen molar-refractivity contribution in [2.75, 3.05) is 49.4 Å². The molecule has 0 aromatic heterocycles. The fourth-order valence-corrected chi connectivity index (χ4v) is 8.59. The van der Waals surface area contributed by atoms with Crippen LogP contribution in [0.4, 0.5) is 0 Å². The number of amides is 2. The third-order valence-electron chi connectivity index (χ3n) is 7.50. The van der Waals surface area contributed by atoms with Crippen LogP contribution in [0.15, 0.2) is 0 Å².